The summed E-state index contributed by atoms with van der Waals surface area (Å²) in [5.74, 6) is 0.321. The predicted octanol–water partition coefficient (Wildman–Crippen LogP) is 3.05. The standard InChI is InChI=1S/C15H16ClNO3S/c1-20-14-7-11(6-13(17)8-14)9-21(18,19)10-12-4-2-3-5-15(12)16/h2-8H,9-10,17H2,1H3. The van der Waals surface area contributed by atoms with Crippen LogP contribution < -0.4 is 10.5 Å². The van der Waals surface area contributed by atoms with Crippen LogP contribution >= 0.6 is 11.6 Å². The first-order chi connectivity index (χ1) is 9.89. The molecule has 0 saturated heterocycles. The number of hydrogen-bond acceptors (Lipinski definition) is 4. The molecule has 6 heteroatoms. The number of nitrogen functional groups attached to an aromatic ring is 1. The Bertz CT molecular complexity index is 744. The van der Waals surface area contributed by atoms with Crippen molar-refractivity contribution >= 4 is 27.1 Å². The Morgan fingerprint density at radius 1 is 1.14 bits per heavy atom. The second kappa shape index (κ2) is 6.37. The average molecular weight is 326 g/mol. The summed E-state index contributed by atoms with van der Waals surface area (Å²) in [7, 11) is -1.84. The van der Waals surface area contributed by atoms with Crippen LogP contribution in [-0.2, 0) is 21.3 Å². The second-order valence-electron chi connectivity index (χ2n) is 4.74. The van der Waals surface area contributed by atoms with E-state index in [2.05, 4.69) is 0 Å². The van der Waals surface area contributed by atoms with Crippen LogP contribution in [0.1, 0.15) is 11.1 Å². The quantitative estimate of drug-likeness (QED) is 0.858. The van der Waals surface area contributed by atoms with Gasteiger partial charge in [-0.15, -0.1) is 0 Å². The van der Waals surface area contributed by atoms with Crippen LogP contribution in [-0.4, -0.2) is 15.5 Å². The molecule has 0 amide bonds. The van der Waals surface area contributed by atoms with Gasteiger partial charge in [0.2, 0.25) is 0 Å². The first-order valence-corrected chi connectivity index (χ1v) is 8.47. The van der Waals surface area contributed by atoms with Gasteiger partial charge in [0.1, 0.15) is 5.75 Å². The van der Waals surface area contributed by atoms with Crippen molar-refractivity contribution in [1.82, 2.24) is 0 Å². The molecule has 0 aromatic heterocycles. The first kappa shape index (κ1) is 15.7. The minimum absolute atomic E-state index is 0.107. The van der Waals surface area contributed by atoms with E-state index in [4.69, 9.17) is 22.1 Å². The fourth-order valence-electron chi connectivity index (χ4n) is 2.04. The zero-order chi connectivity index (χ0) is 15.5. The van der Waals surface area contributed by atoms with Gasteiger partial charge in [0.05, 0.1) is 18.6 Å². The van der Waals surface area contributed by atoms with Crippen LogP contribution in [0.25, 0.3) is 0 Å². The number of methoxy groups -OCH3 is 1. The van der Waals surface area contributed by atoms with Crippen LogP contribution in [0.2, 0.25) is 5.02 Å². The lowest BCUT2D eigenvalue weighted by Crippen LogP contribution is -2.08. The van der Waals surface area contributed by atoms with E-state index in [0.717, 1.165) is 0 Å². The fourth-order valence-corrected chi connectivity index (χ4v) is 3.83. The molecule has 0 saturated carbocycles. The zero-order valence-electron chi connectivity index (χ0n) is 11.5. The number of rotatable bonds is 5. The highest BCUT2D eigenvalue weighted by Gasteiger charge is 2.16. The van der Waals surface area contributed by atoms with Crippen molar-refractivity contribution in [3.8, 4) is 5.75 Å². The third-order valence-corrected chi connectivity index (χ3v) is 4.84. The van der Waals surface area contributed by atoms with E-state index in [0.29, 0.717) is 27.6 Å². The maximum Gasteiger partial charge on any atom is 0.158 e. The number of anilines is 1. The fraction of sp³-hybridized carbons (Fsp3) is 0.200. The molecule has 2 N–H and O–H groups in total. The third kappa shape index (κ3) is 4.37. The molecule has 2 aromatic carbocycles. The monoisotopic (exact) mass is 325 g/mol. The van der Waals surface area contributed by atoms with E-state index in [9.17, 15) is 8.42 Å². The Labute approximate surface area is 129 Å². The van der Waals surface area contributed by atoms with Gasteiger partial charge in [-0.2, -0.15) is 0 Å². The number of benzene rings is 2. The van der Waals surface area contributed by atoms with Crippen molar-refractivity contribution in [1.29, 1.82) is 0 Å². The lowest BCUT2D eigenvalue weighted by molar-refractivity contribution is 0.414. The molecule has 2 aromatic rings. The van der Waals surface area contributed by atoms with Crippen molar-refractivity contribution in [3.05, 3.63) is 58.6 Å². The molecule has 0 heterocycles. The number of halogens is 1. The van der Waals surface area contributed by atoms with Gasteiger partial charge in [-0.25, -0.2) is 8.42 Å². The number of ether oxygens (including phenoxy) is 1. The normalized spacial score (nSPS) is 11.3. The van der Waals surface area contributed by atoms with Gasteiger partial charge in [0.15, 0.2) is 9.84 Å². The summed E-state index contributed by atoms with van der Waals surface area (Å²) in [6.45, 7) is 0. The van der Waals surface area contributed by atoms with E-state index in [1.54, 1.807) is 42.5 Å². The molecule has 0 fully saturated rings. The number of nitrogens with two attached hydrogens (primary N) is 1. The lowest BCUT2D eigenvalue weighted by Gasteiger charge is -2.09. The first-order valence-electron chi connectivity index (χ1n) is 6.27. The number of hydrogen-bond donors (Lipinski definition) is 1. The summed E-state index contributed by atoms with van der Waals surface area (Å²) in [5, 5.41) is 0.450. The topological polar surface area (TPSA) is 69.4 Å². The second-order valence-corrected chi connectivity index (χ2v) is 7.21. The molecule has 0 atom stereocenters. The molecule has 0 radical (unpaired) electrons. The Kier molecular flexibility index (Phi) is 4.75. The molecule has 0 aliphatic carbocycles. The van der Waals surface area contributed by atoms with Gasteiger partial charge in [0, 0.05) is 16.8 Å². The molecule has 0 aliphatic rings. The lowest BCUT2D eigenvalue weighted by atomic mass is 10.2. The summed E-state index contributed by atoms with van der Waals surface area (Å²) in [4.78, 5) is 0. The van der Waals surface area contributed by atoms with Crippen LogP contribution in [0.4, 0.5) is 5.69 Å². The molecule has 112 valence electrons. The average Bonchev–Trinajstić information content (AvgIpc) is 2.40. The van der Waals surface area contributed by atoms with Crippen molar-refractivity contribution in [2.75, 3.05) is 12.8 Å². The molecular weight excluding hydrogens is 310 g/mol. The van der Waals surface area contributed by atoms with Gasteiger partial charge in [-0.3, -0.25) is 0 Å². The van der Waals surface area contributed by atoms with E-state index in [1.807, 2.05) is 0 Å². The third-order valence-electron chi connectivity index (χ3n) is 2.94. The summed E-state index contributed by atoms with van der Waals surface area (Å²) in [6, 6.07) is 11.9. The van der Waals surface area contributed by atoms with Crippen LogP contribution in [0.3, 0.4) is 0 Å². The van der Waals surface area contributed by atoms with E-state index in [1.165, 1.54) is 7.11 Å². The summed E-state index contributed by atoms with van der Waals surface area (Å²) < 4.78 is 29.7. The van der Waals surface area contributed by atoms with Gasteiger partial charge in [-0.05, 0) is 29.3 Å². The Morgan fingerprint density at radius 2 is 1.86 bits per heavy atom. The summed E-state index contributed by atoms with van der Waals surface area (Å²) >= 11 is 6.00. The number of sulfone groups is 1. The SMILES string of the molecule is COc1cc(N)cc(CS(=O)(=O)Cc2ccccc2Cl)c1. The minimum atomic E-state index is -3.35. The maximum absolute atomic E-state index is 12.3. The van der Waals surface area contributed by atoms with Crippen molar-refractivity contribution < 1.29 is 13.2 Å². The zero-order valence-corrected chi connectivity index (χ0v) is 13.1. The van der Waals surface area contributed by atoms with E-state index < -0.39 is 9.84 Å². The van der Waals surface area contributed by atoms with Gasteiger partial charge in [-0.1, -0.05) is 29.8 Å². The van der Waals surface area contributed by atoms with Crippen molar-refractivity contribution in [2.24, 2.45) is 0 Å². The molecular formula is C15H16ClNO3S. The smallest absolute Gasteiger partial charge is 0.158 e. The highest BCUT2D eigenvalue weighted by molar-refractivity contribution is 7.89. The molecule has 0 bridgehead atoms. The van der Waals surface area contributed by atoms with Crippen molar-refractivity contribution in [3.63, 3.8) is 0 Å². The highest BCUT2D eigenvalue weighted by Crippen LogP contribution is 2.23. The molecule has 0 spiro atoms. The molecule has 0 unspecified atom stereocenters. The van der Waals surface area contributed by atoms with Crippen LogP contribution in [0.15, 0.2) is 42.5 Å². The highest BCUT2D eigenvalue weighted by atomic mass is 35.5. The van der Waals surface area contributed by atoms with Gasteiger partial charge < -0.3 is 10.5 Å². The summed E-state index contributed by atoms with van der Waals surface area (Å²) in [5.41, 5.74) is 7.39. The van der Waals surface area contributed by atoms with Crippen LogP contribution in [0, 0.1) is 0 Å². The van der Waals surface area contributed by atoms with Crippen molar-refractivity contribution in [2.45, 2.75) is 11.5 Å². The molecule has 2 rings (SSSR count). The molecule has 0 aliphatic heterocycles. The van der Waals surface area contributed by atoms with Gasteiger partial charge >= 0.3 is 0 Å². The maximum atomic E-state index is 12.3. The van der Waals surface area contributed by atoms with Crippen LogP contribution in [0.5, 0.6) is 5.75 Å². The Hall–Kier alpha value is -1.72. The minimum Gasteiger partial charge on any atom is -0.497 e. The Balaban J connectivity index is 2.22. The van der Waals surface area contributed by atoms with Gasteiger partial charge in [0.25, 0.3) is 0 Å². The van der Waals surface area contributed by atoms with E-state index in [-0.39, 0.29) is 11.5 Å². The Morgan fingerprint density at radius 3 is 2.52 bits per heavy atom. The predicted molar refractivity (Wildman–Crippen MR) is 85.2 cm³/mol. The molecule has 21 heavy (non-hydrogen) atoms. The summed E-state index contributed by atoms with van der Waals surface area (Å²) in [6.07, 6.45) is 0. The molecule has 4 nitrogen and oxygen atoms in total. The largest absolute Gasteiger partial charge is 0.497 e. The van der Waals surface area contributed by atoms with E-state index >= 15 is 0 Å².